The lowest BCUT2D eigenvalue weighted by atomic mass is 10.1. The number of nitro benzene ring substituents is 1. The Bertz CT molecular complexity index is 1440. The second kappa shape index (κ2) is 11.5. The molecular weight excluding hydrogens is 492 g/mol. The van der Waals surface area contributed by atoms with Gasteiger partial charge in [0, 0.05) is 29.1 Å². The van der Waals surface area contributed by atoms with Crippen LogP contribution in [0.4, 0.5) is 11.4 Å². The molecule has 0 aliphatic carbocycles. The van der Waals surface area contributed by atoms with E-state index < -0.39 is 10.8 Å². The van der Waals surface area contributed by atoms with E-state index in [0.29, 0.717) is 11.0 Å². The highest BCUT2D eigenvalue weighted by Gasteiger charge is 2.18. The Labute approximate surface area is 217 Å². The van der Waals surface area contributed by atoms with Crippen molar-refractivity contribution in [2.75, 3.05) is 11.1 Å². The fraction of sp³-hybridized carbons (Fsp3) is 0.154. The molecule has 0 spiro atoms. The van der Waals surface area contributed by atoms with Gasteiger partial charge in [0.25, 0.3) is 11.6 Å². The summed E-state index contributed by atoms with van der Waals surface area (Å²) in [6, 6.07) is 20.6. The fourth-order valence-electron chi connectivity index (χ4n) is 3.53. The molecule has 0 saturated heterocycles. The van der Waals surface area contributed by atoms with Gasteiger partial charge in [-0.25, -0.2) is 0 Å². The smallest absolute Gasteiger partial charge is 0.269 e. The van der Waals surface area contributed by atoms with Gasteiger partial charge < -0.3 is 10.6 Å². The molecule has 0 bridgehead atoms. The number of anilines is 1. The maximum absolute atomic E-state index is 12.7. The first-order valence-corrected chi connectivity index (χ1v) is 12.3. The lowest BCUT2D eigenvalue weighted by Gasteiger charge is -2.12. The molecule has 1 aromatic heterocycles. The molecule has 10 nitrogen and oxygen atoms in total. The molecule has 11 heteroatoms. The van der Waals surface area contributed by atoms with Gasteiger partial charge in [0.2, 0.25) is 5.91 Å². The van der Waals surface area contributed by atoms with E-state index in [4.69, 9.17) is 0 Å². The van der Waals surface area contributed by atoms with E-state index in [1.54, 1.807) is 4.57 Å². The minimum Gasteiger partial charge on any atom is -0.345 e. The van der Waals surface area contributed by atoms with Crippen molar-refractivity contribution in [3.05, 3.63) is 105 Å². The van der Waals surface area contributed by atoms with Gasteiger partial charge in [-0.15, -0.1) is 10.2 Å². The van der Waals surface area contributed by atoms with Crippen LogP contribution in [0.1, 0.15) is 27.3 Å². The van der Waals surface area contributed by atoms with Crippen LogP contribution in [-0.4, -0.2) is 37.3 Å². The van der Waals surface area contributed by atoms with Crippen molar-refractivity contribution in [2.45, 2.75) is 25.5 Å². The lowest BCUT2D eigenvalue weighted by molar-refractivity contribution is -0.384. The van der Waals surface area contributed by atoms with Crippen molar-refractivity contribution >= 4 is 35.0 Å². The molecule has 0 aliphatic heterocycles. The molecule has 0 atom stereocenters. The lowest BCUT2D eigenvalue weighted by Crippen LogP contribution is -2.24. The van der Waals surface area contributed by atoms with Crippen molar-refractivity contribution in [2.24, 2.45) is 0 Å². The van der Waals surface area contributed by atoms with Gasteiger partial charge in [0.05, 0.1) is 17.2 Å². The Morgan fingerprint density at radius 2 is 1.73 bits per heavy atom. The average Bonchev–Trinajstić information content (AvgIpc) is 3.31. The topological polar surface area (TPSA) is 132 Å². The zero-order valence-corrected chi connectivity index (χ0v) is 21.0. The van der Waals surface area contributed by atoms with Gasteiger partial charge in [-0.2, -0.15) is 0 Å². The quantitative estimate of drug-likeness (QED) is 0.191. The Morgan fingerprint density at radius 1 is 1.00 bits per heavy atom. The first-order valence-electron chi connectivity index (χ1n) is 11.3. The number of hydrogen-bond acceptors (Lipinski definition) is 7. The van der Waals surface area contributed by atoms with E-state index in [1.165, 1.54) is 36.0 Å². The van der Waals surface area contributed by atoms with Crippen LogP contribution in [0.25, 0.3) is 5.69 Å². The maximum Gasteiger partial charge on any atom is 0.269 e. The SMILES string of the molecule is Cc1ccc(C)c(NC(=O)CSc2nnc(CNC(=O)c3ccc([N+](=O)[O-])cc3)n2-c2ccccc2)c1. The highest BCUT2D eigenvalue weighted by atomic mass is 32.2. The number of nitro groups is 1. The van der Waals surface area contributed by atoms with Crippen LogP contribution in [0.15, 0.2) is 78.0 Å². The number of aromatic nitrogens is 3. The summed E-state index contributed by atoms with van der Waals surface area (Å²) >= 11 is 1.24. The van der Waals surface area contributed by atoms with E-state index in [1.807, 2.05) is 62.4 Å². The Morgan fingerprint density at radius 3 is 2.43 bits per heavy atom. The molecule has 0 radical (unpaired) electrons. The van der Waals surface area contributed by atoms with E-state index in [0.717, 1.165) is 22.5 Å². The highest BCUT2D eigenvalue weighted by molar-refractivity contribution is 7.99. The molecule has 188 valence electrons. The number of para-hydroxylation sites is 1. The van der Waals surface area contributed by atoms with Crippen LogP contribution in [-0.2, 0) is 11.3 Å². The summed E-state index contributed by atoms with van der Waals surface area (Å²) in [5, 5.41) is 25.6. The second-order valence-electron chi connectivity index (χ2n) is 8.21. The van der Waals surface area contributed by atoms with Crippen LogP contribution in [0.2, 0.25) is 0 Å². The van der Waals surface area contributed by atoms with Crippen LogP contribution >= 0.6 is 11.8 Å². The molecule has 3 aromatic carbocycles. The van der Waals surface area contributed by atoms with E-state index in [-0.39, 0.29) is 29.5 Å². The van der Waals surface area contributed by atoms with Crippen molar-refractivity contribution in [1.29, 1.82) is 0 Å². The Kier molecular flexibility index (Phi) is 7.94. The maximum atomic E-state index is 12.7. The van der Waals surface area contributed by atoms with Gasteiger partial charge >= 0.3 is 0 Å². The third kappa shape index (κ3) is 6.39. The van der Waals surface area contributed by atoms with Crippen LogP contribution < -0.4 is 10.6 Å². The molecule has 2 N–H and O–H groups in total. The summed E-state index contributed by atoms with van der Waals surface area (Å²) in [5.74, 6) is 0.0147. The summed E-state index contributed by atoms with van der Waals surface area (Å²) in [7, 11) is 0. The molecule has 0 saturated carbocycles. The number of hydrogen-bond donors (Lipinski definition) is 2. The second-order valence-corrected chi connectivity index (χ2v) is 9.15. The molecule has 4 rings (SSSR count). The Hall–Kier alpha value is -4.51. The molecular formula is C26H24N6O4S. The van der Waals surface area contributed by atoms with E-state index >= 15 is 0 Å². The molecule has 0 fully saturated rings. The van der Waals surface area contributed by atoms with Gasteiger partial charge in [0.1, 0.15) is 0 Å². The number of carbonyl (C=O) groups excluding carboxylic acids is 2. The highest BCUT2D eigenvalue weighted by Crippen LogP contribution is 2.23. The first-order chi connectivity index (χ1) is 17.8. The fourth-order valence-corrected chi connectivity index (χ4v) is 4.30. The predicted molar refractivity (Wildman–Crippen MR) is 141 cm³/mol. The standard InChI is InChI=1S/C26H24N6O4S/c1-17-8-9-18(2)22(14-17)28-24(33)16-37-26-30-29-23(31(26)20-6-4-3-5-7-20)15-27-25(34)19-10-12-21(13-11-19)32(35)36/h3-14H,15-16H2,1-2H3,(H,27,34)(H,28,33). The summed E-state index contributed by atoms with van der Waals surface area (Å²) in [4.78, 5) is 35.6. The first kappa shape index (κ1) is 25.6. The summed E-state index contributed by atoms with van der Waals surface area (Å²) in [6.45, 7) is 3.96. The zero-order chi connectivity index (χ0) is 26.4. The number of aryl methyl sites for hydroxylation is 2. The van der Waals surface area contributed by atoms with Crippen molar-refractivity contribution in [3.8, 4) is 5.69 Å². The van der Waals surface area contributed by atoms with Crippen molar-refractivity contribution in [1.82, 2.24) is 20.1 Å². The molecule has 0 aliphatic rings. The van der Waals surface area contributed by atoms with Gasteiger partial charge in [-0.05, 0) is 55.3 Å². The van der Waals surface area contributed by atoms with Crippen LogP contribution in [0.5, 0.6) is 0 Å². The minimum absolute atomic E-state index is 0.0625. The average molecular weight is 517 g/mol. The number of thioether (sulfide) groups is 1. The molecule has 2 amide bonds. The number of nitrogens with zero attached hydrogens (tertiary/aromatic N) is 4. The van der Waals surface area contributed by atoms with Gasteiger partial charge in [-0.1, -0.05) is 42.1 Å². The number of carbonyl (C=O) groups is 2. The third-order valence-electron chi connectivity index (χ3n) is 5.46. The number of amides is 2. The van der Waals surface area contributed by atoms with Crippen molar-refractivity contribution in [3.63, 3.8) is 0 Å². The molecule has 0 unspecified atom stereocenters. The predicted octanol–water partition coefficient (Wildman–Crippen LogP) is 4.45. The molecule has 4 aromatic rings. The summed E-state index contributed by atoms with van der Waals surface area (Å²) < 4.78 is 1.78. The summed E-state index contributed by atoms with van der Waals surface area (Å²) in [5.41, 5.74) is 3.77. The monoisotopic (exact) mass is 516 g/mol. The summed E-state index contributed by atoms with van der Waals surface area (Å²) in [6.07, 6.45) is 0. The van der Waals surface area contributed by atoms with Crippen LogP contribution in [0, 0.1) is 24.0 Å². The minimum atomic E-state index is -0.522. The Balaban J connectivity index is 1.47. The van der Waals surface area contributed by atoms with Gasteiger partial charge in [0.15, 0.2) is 11.0 Å². The largest absolute Gasteiger partial charge is 0.345 e. The number of non-ortho nitro benzene ring substituents is 1. The van der Waals surface area contributed by atoms with Crippen molar-refractivity contribution < 1.29 is 14.5 Å². The zero-order valence-electron chi connectivity index (χ0n) is 20.2. The van der Waals surface area contributed by atoms with Crippen LogP contribution in [0.3, 0.4) is 0 Å². The third-order valence-corrected chi connectivity index (χ3v) is 6.39. The van der Waals surface area contributed by atoms with Gasteiger partial charge in [-0.3, -0.25) is 24.3 Å². The molecule has 1 heterocycles. The van der Waals surface area contributed by atoms with E-state index in [2.05, 4.69) is 20.8 Å². The number of rotatable bonds is 9. The molecule has 37 heavy (non-hydrogen) atoms. The van der Waals surface area contributed by atoms with E-state index in [9.17, 15) is 19.7 Å². The normalized spacial score (nSPS) is 10.6. The number of nitrogens with one attached hydrogen (secondary N) is 2. The number of benzene rings is 3.